The van der Waals surface area contributed by atoms with Crippen molar-refractivity contribution in [1.29, 1.82) is 0 Å². The Balaban J connectivity index is 1.83. The average Bonchev–Trinajstić information content (AvgIpc) is 2.87. The van der Waals surface area contributed by atoms with Gasteiger partial charge in [-0.15, -0.1) is 0 Å². The predicted octanol–water partition coefficient (Wildman–Crippen LogP) is 2.03. The molecule has 2 amide bonds. The van der Waals surface area contributed by atoms with E-state index in [1.54, 1.807) is 52.0 Å². The van der Waals surface area contributed by atoms with Gasteiger partial charge in [0.25, 0.3) is 5.91 Å². The highest BCUT2D eigenvalue weighted by Crippen LogP contribution is 2.34. The van der Waals surface area contributed by atoms with E-state index in [1.165, 1.54) is 6.08 Å². The summed E-state index contributed by atoms with van der Waals surface area (Å²) in [4.78, 5) is 36.0. The van der Waals surface area contributed by atoms with Crippen molar-refractivity contribution < 1.29 is 23.9 Å². The van der Waals surface area contributed by atoms with E-state index in [4.69, 9.17) is 9.47 Å². The van der Waals surface area contributed by atoms with Crippen LogP contribution in [0.1, 0.15) is 33.3 Å². The molecule has 0 spiro atoms. The van der Waals surface area contributed by atoms with Gasteiger partial charge in [0.15, 0.2) is 11.4 Å². The molecule has 1 aromatic carbocycles. The molecule has 0 bridgehead atoms. The maximum Gasteiger partial charge on any atom is 0.407 e. The Morgan fingerprint density at radius 3 is 2.35 bits per heavy atom. The Morgan fingerprint density at radius 2 is 1.73 bits per heavy atom. The third-order valence-electron chi connectivity index (χ3n) is 3.67. The van der Waals surface area contributed by atoms with E-state index in [1.807, 2.05) is 6.07 Å². The molecule has 1 aliphatic heterocycles. The molecule has 1 aliphatic rings. The third-order valence-corrected chi connectivity index (χ3v) is 3.67. The van der Waals surface area contributed by atoms with Gasteiger partial charge in [-0.25, -0.2) is 4.79 Å². The molecule has 26 heavy (non-hydrogen) atoms. The molecule has 1 unspecified atom stereocenters. The van der Waals surface area contributed by atoms with Crippen molar-refractivity contribution in [2.45, 2.75) is 38.9 Å². The molecule has 0 fully saturated rings. The van der Waals surface area contributed by atoms with Crippen molar-refractivity contribution in [3.63, 3.8) is 0 Å². The fraction of sp³-hybridized carbons (Fsp3) is 0.421. The van der Waals surface area contributed by atoms with Gasteiger partial charge in [-0.3, -0.25) is 9.59 Å². The largest absolute Gasteiger partial charge is 0.469 e. The van der Waals surface area contributed by atoms with Crippen LogP contribution < -0.4 is 10.6 Å². The fourth-order valence-corrected chi connectivity index (χ4v) is 2.37. The Labute approximate surface area is 152 Å². The monoisotopic (exact) mass is 360 g/mol. The van der Waals surface area contributed by atoms with Crippen LogP contribution in [0.25, 0.3) is 0 Å². The number of alkyl carbamates (subject to hydrolysis) is 1. The first-order valence-electron chi connectivity index (χ1n) is 8.37. The molecule has 0 saturated carbocycles. The van der Waals surface area contributed by atoms with E-state index >= 15 is 0 Å². The summed E-state index contributed by atoms with van der Waals surface area (Å²) in [6.07, 6.45) is 0.638. The number of hydrogen-bond donors (Lipinski definition) is 2. The Kier molecular flexibility index (Phi) is 5.69. The normalized spacial score (nSPS) is 19.4. The van der Waals surface area contributed by atoms with Gasteiger partial charge in [0, 0.05) is 24.7 Å². The van der Waals surface area contributed by atoms with Crippen molar-refractivity contribution in [1.82, 2.24) is 10.6 Å². The van der Waals surface area contributed by atoms with Crippen molar-refractivity contribution in [2.24, 2.45) is 0 Å². The van der Waals surface area contributed by atoms with Gasteiger partial charge in [0.05, 0.1) is 0 Å². The number of nitrogens with one attached hydrogen (secondary N) is 2. The molecule has 0 aromatic heterocycles. The smallest absolute Gasteiger partial charge is 0.407 e. The second kappa shape index (κ2) is 7.59. The predicted molar refractivity (Wildman–Crippen MR) is 95.2 cm³/mol. The number of carbonyl (C=O) groups excluding carboxylic acids is 3. The first kappa shape index (κ1) is 19.5. The van der Waals surface area contributed by atoms with E-state index < -0.39 is 23.2 Å². The lowest BCUT2D eigenvalue weighted by atomic mass is 9.92. The van der Waals surface area contributed by atoms with Crippen LogP contribution in [0.5, 0.6) is 0 Å². The number of ether oxygens (including phenoxy) is 2. The van der Waals surface area contributed by atoms with Crippen LogP contribution in [0.4, 0.5) is 4.79 Å². The zero-order valence-corrected chi connectivity index (χ0v) is 15.4. The molecule has 140 valence electrons. The number of hydrogen-bond acceptors (Lipinski definition) is 5. The van der Waals surface area contributed by atoms with Crippen LogP contribution in [-0.2, 0) is 24.7 Å². The highest BCUT2D eigenvalue weighted by molar-refractivity contribution is 6.07. The lowest BCUT2D eigenvalue weighted by Gasteiger charge is -2.24. The van der Waals surface area contributed by atoms with Gasteiger partial charge >= 0.3 is 6.09 Å². The minimum absolute atomic E-state index is 0.0429. The van der Waals surface area contributed by atoms with Gasteiger partial charge in [0.1, 0.15) is 5.60 Å². The van der Waals surface area contributed by atoms with Gasteiger partial charge in [-0.2, -0.15) is 0 Å². The van der Waals surface area contributed by atoms with Crippen molar-refractivity contribution in [2.75, 3.05) is 13.1 Å². The van der Waals surface area contributed by atoms with E-state index in [0.717, 1.165) is 0 Å². The number of carbonyl (C=O) groups is 3. The number of amides is 2. The quantitative estimate of drug-likeness (QED) is 0.784. The average molecular weight is 360 g/mol. The molecule has 1 aromatic rings. The van der Waals surface area contributed by atoms with E-state index in [2.05, 4.69) is 10.6 Å². The van der Waals surface area contributed by atoms with E-state index in [9.17, 15) is 14.4 Å². The molecule has 7 nitrogen and oxygen atoms in total. The highest BCUT2D eigenvalue weighted by Gasteiger charge is 2.43. The molecule has 1 atom stereocenters. The molecule has 0 aliphatic carbocycles. The summed E-state index contributed by atoms with van der Waals surface area (Å²) >= 11 is 0. The molecule has 2 N–H and O–H groups in total. The molecule has 7 heteroatoms. The first-order chi connectivity index (χ1) is 12.1. The number of benzene rings is 1. The van der Waals surface area contributed by atoms with Crippen LogP contribution in [0.15, 0.2) is 42.2 Å². The molecular weight excluding hydrogens is 336 g/mol. The van der Waals surface area contributed by atoms with E-state index in [-0.39, 0.29) is 24.6 Å². The van der Waals surface area contributed by atoms with Crippen LogP contribution in [0.2, 0.25) is 0 Å². The molecular formula is C19H24N2O5. The van der Waals surface area contributed by atoms with Crippen LogP contribution >= 0.6 is 0 Å². The molecule has 2 rings (SSSR count). The van der Waals surface area contributed by atoms with Gasteiger partial charge < -0.3 is 20.1 Å². The molecule has 0 radical (unpaired) electrons. The third kappa shape index (κ3) is 4.84. The summed E-state index contributed by atoms with van der Waals surface area (Å²) in [6.45, 7) is 7.29. The summed E-state index contributed by atoms with van der Waals surface area (Å²) in [5.74, 6) is -0.844. The number of rotatable bonds is 5. The minimum Gasteiger partial charge on any atom is -0.469 e. The van der Waals surface area contributed by atoms with Crippen LogP contribution in [0.3, 0.4) is 0 Å². The standard InChI is InChI=1S/C19H24N2O5/c1-18(2,3)26-17(24)21-11-10-20-16(23)14-12-15(22)19(4,25-14)13-8-6-5-7-9-13/h5-9,12H,10-11H2,1-4H3,(H,20,23)(H,21,24). The van der Waals surface area contributed by atoms with E-state index in [0.29, 0.717) is 5.56 Å². The summed E-state index contributed by atoms with van der Waals surface area (Å²) < 4.78 is 10.7. The SMILES string of the molecule is CC(C)(C)OC(=O)NCCNC(=O)C1=CC(=O)C(C)(c2ccccc2)O1. The highest BCUT2D eigenvalue weighted by atomic mass is 16.6. The molecule has 1 heterocycles. The number of ketones is 1. The Hall–Kier alpha value is -2.83. The summed E-state index contributed by atoms with van der Waals surface area (Å²) in [5, 5.41) is 5.13. The molecule has 0 saturated heterocycles. The van der Waals surface area contributed by atoms with Gasteiger partial charge in [-0.1, -0.05) is 30.3 Å². The minimum atomic E-state index is -1.21. The lowest BCUT2D eigenvalue weighted by Crippen LogP contribution is -2.38. The van der Waals surface area contributed by atoms with Crippen LogP contribution in [0, 0.1) is 0 Å². The zero-order chi connectivity index (χ0) is 19.4. The maximum absolute atomic E-state index is 12.3. The Bertz CT molecular complexity index is 721. The second-order valence-corrected chi connectivity index (χ2v) is 7.06. The summed E-state index contributed by atoms with van der Waals surface area (Å²) in [7, 11) is 0. The second-order valence-electron chi connectivity index (χ2n) is 7.06. The fourth-order valence-electron chi connectivity index (χ4n) is 2.37. The van der Waals surface area contributed by atoms with Gasteiger partial charge in [0.2, 0.25) is 5.78 Å². The van der Waals surface area contributed by atoms with Gasteiger partial charge in [-0.05, 0) is 27.7 Å². The lowest BCUT2D eigenvalue weighted by molar-refractivity contribution is -0.132. The van der Waals surface area contributed by atoms with Crippen molar-refractivity contribution in [3.05, 3.63) is 47.7 Å². The summed E-state index contributed by atoms with van der Waals surface area (Å²) in [6, 6.07) is 8.99. The van der Waals surface area contributed by atoms with Crippen molar-refractivity contribution >= 4 is 17.8 Å². The first-order valence-corrected chi connectivity index (χ1v) is 8.37. The Morgan fingerprint density at radius 1 is 1.12 bits per heavy atom. The van der Waals surface area contributed by atoms with Crippen LogP contribution in [-0.4, -0.2) is 36.5 Å². The topological polar surface area (TPSA) is 93.7 Å². The van der Waals surface area contributed by atoms with Crippen molar-refractivity contribution in [3.8, 4) is 0 Å². The summed E-state index contributed by atoms with van der Waals surface area (Å²) in [5.41, 5.74) is -1.11. The zero-order valence-electron chi connectivity index (χ0n) is 15.4. The maximum atomic E-state index is 12.3.